The van der Waals surface area contributed by atoms with Crippen molar-refractivity contribution in [2.75, 3.05) is 0 Å². The first-order valence-electron chi connectivity index (χ1n) is 26.2. The monoisotopic (exact) mass is 999 g/mol. The van der Waals surface area contributed by atoms with E-state index in [1.807, 2.05) is 61.7 Å². The first kappa shape index (κ1) is 28.0. The summed E-state index contributed by atoms with van der Waals surface area (Å²) in [7, 11) is 0. The zero-order valence-corrected chi connectivity index (χ0v) is 36.8. The second-order valence-electron chi connectivity index (χ2n) is 16.7. The van der Waals surface area contributed by atoms with Crippen LogP contribution in [0, 0.1) is 12.1 Å². The number of para-hydroxylation sites is 3. The summed E-state index contributed by atoms with van der Waals surface area (Å²) >= 11 is 0. The average Bonchev–Trinajstić information content (AvgIpc) is 3.92. The van der Waals surface area contributed by atoms with Crippen LogP contribution >= 0.6 is 0 Å². The summed E-state index contributed by atoms with van der Waals surface area (Å²) in [6, 6.07) is 21.2. The largest absolute Gasteiger partial charge is 2.00 e. The van der Waals surface area contributed by atoms with Gasteiger partial charge in [0, 0.05) is 36.0 Å². The average molecular weight is 1000 g/mol. The molecular formula is C55H45N5OPt+2. The molecular weight excluding hydrogens is 942 g/mol. The summed E-state index contributed by atoms with van der Waals surface area (Å²) < 4.78 is 127. The Bertz CT molecular complexity index is 3850. The van der Waals surface area contributed by atoms with Crippen molar-refractivity contribution in [1.82, 2.24) is 23.7 Å². The zero-order valence-electron chi connectivity index (χ0n) is 47.5. The van der Waals surface area contributed by atoms with E-state index in [1.54, 1.807) is 47.4 Å². The summed E-state index contributed by atoms with van der Waals surface area (Å²) in [6.45, 7) is 12.5. The number of hydrogen-bond acceptors (Lipinski definition) is 3. The van der Waals surface area contributed by atoms with Gasteiger partial charge in [0.15, 0.2) is 0 Å². The van der Waals surface area contributed by atoms with Gasteiger partial charge < -0.3 is 9.30 Å². The summed E-state index contributed by atoms with van der Waals surface area (Å²) in [4.78, 5) is 9.23. The first-order valence-corrected chi connectivity index (χ1v) is 19.7. The standard InChI is InChI=1S/C55H45N5O.Pt/c1-54(2,3)39-26-29-57-52(32-39)60-50-34-42(24-25-46(50)47-27-28-56-35-51(47)60)61-43-31-40(55(4,5)6)30-41(33-43)58-36-59(49-23-14-13-22-48(49)58)53-44(37-16-9-7-10-17-37)20-15-21-45(53)38-18-11-8-12-19-38;/h7-32,35H,1-6H3;/q;+2/i7D,8D,9D,10D,11D,12D,15D,16D,17D,18D,19D,20D,21D;. The zero-order chi connectivity index (χ0) is 53.2. The molecule has 6 nitrogen and oxygen atoms in total. The van der Waals surface area contributed by atoms with Crippen LogP contribution in [0.3, 0.4) is 0 Å². The third-order valence-electron chi connectivity index (χ3n) is 10.6. The molecule has 62 heavy (non-hydrogen) atoms. The van der Waals surface area contributed by atoms with Gasteiger partial charge in [-0.1, -0.05) is 142 Å². The van der Waals surface area contributed by atoms with Gasteiger partial charge in [-0.15, -0.1) is 29.1 Å². The Kier molecular flexibility index (Phi) is 7.21. The summed E-state index contributed by atoms with van der Waals surface area (Å²) in [5.41, 5.74) is 1.79. The normalized spacial score (nSPS) is 15.4. The van der Waals surface area contributed by atoms with Crippen LogP contribution in [-0.2, 0) is 31.9 Å². The quantitative estimate of drug-likeness (QED) is 0.118. The Hall–Kier alpha value is -6.71. The number of nitrogens with zero attached hydrogens (tertiary/aromatic N) is 5. The van der Waals surface area contributed by atoms with Crippen molar-refractivity contribution in [2.45, 2.75) is 52.4 Å². The van der Waals surface area contributed by atoms with Crippen LogP contribution in [0.5, 0.6) is 11.5 Å². The van der Waals surface area contributed by atoms with E-state index >= 15 is 0 Å². The van der Waals surface area contributed by atoms with Gasteiger partial charge in [0.1, 0.15) is 11.5 Å². The first-order chi connectivity index (χ1) is 34.9. The second-order valence-corrected chi connectivity index (χ2v) is 16.7. The molecule has 0 spiro atoms. The fraction of sp³-hybridized carbons (Fsp3) is 0.145. The molecule has 7 heteroatoms. The van der Waals surface area contributed by atoms with Crippen molar-refractivity contribution in [3.8, 4) is 39.6 Å². The second kappa shape index (κ2) is 16.0. The van der Waals surface area contributed by atoms with Crippen LogP contribution in [-0.4, -0.2) is 20.5 Å². The molecule has 0 bridgehead atoms. The number of fused-ring (bicyclic) bond motifs is 4. The molecule has 1 aliphatic heterocycles. The van der Waals surface area contributed by atoms with Gasteiger partial charge in [-0.25, -0.2) is 4.98 Å². The van der Waals surface area contributed by atoms with Gasteiger partial charge in [-0.05, 0) is 67.8 Å². The maximum absolute atomic E-state index is 9.42. The van der Waals surface area contributed by atoms with Crippen molar-refractivity contribution in [1.29, 1.82) is 0 Å². The van der Waals surface area contributed by atoms with Gasteiger partial charge in [0.05, 0.1) is 40.7 Å². The van der Waals surface area contributed by atoms with E-state index in [4.69, 9.17) is 24.8 Å². The number of benzene rings is 6. The fourth-order valence-corrected chi connectivity index (χ4v) is 7.47. The molecule has 0 N–H and O–H groups in total. The van der Waals surface area contributed by atoms with Gasteiger partial charge in [-0.3, -0.25) is 4.98 Å². The summed E-state index contributed by atoms with van der Waals surface area (Å²) in [5.74, 6) is 1.33. The summed E-state index contributed by atoms with van der Waals surface area (Å²) in [5, 5.41) is 1.85. The molecule has 0 radical (unpaired) electrons. The van der Waals surface area contributed by atoms with Crippen molar-refractivity contribution in [2.24, 2.45) is 0 Å². The minimum absolute atomic E-state index is 0. The van der Waals surface area contributed by atoms with Crippen LogP contribution in [0.15, 0.2) is 164 Å². The number of aromatic nitrogens is 3. The fourth-order valence-electron chi connectivity index (χ4n) is 7.47. The minimum atomic E-state index is -0.781. The molecule has 0 atom stereocenters. The molecule has 1 aliphatic rings. The molecule has 0 aliphatic carbocycles. The van der Waals surface area contributed by atoms with E-state index in [0.717, 1.165) is 27.4 Å². The Balaban J connectivity index is 0.00000689. The van der Waals surface area contributed by atoms with Crippen molar-refractivity contribution >= 4 is 50.6 Å². The molecule has 304 valence electrons. The van der Waals surface area contributed by atoms with E-state index in [1.165, 1.54) is 4.58 Å². The van der Waals surface area contributed by atoms with E-state index in [2.05, 4.69) is 50.0 Å². The molecule has 6 aromatic carbocycles. The predicted octanol–water partition coefficient (Wildman–Crippen LogP) is 13.7. The van der Waals surface area contributed by atoms with Gasteiger partial charge >= 0.3 is 27.1 Å². The maximum Gasteiger partial charge on any atom is 2.00 e. The smallest absolute Gasteiger partial charge is 0.509 e. The Morgan fingerprint density at radius 3 is 1.97 bits per heavy atom. The number of rotatable bonds is 7. The number of pyridine rings is 2. The molecule has 3 aromatic heterocycles. The van der Waals surface area contributed by atoms with Crippen molar-refractivity contribution in [3.05, 3.63) is 187 Å². The van der Waals surface area contributed by atoms with E-state index in [-0.39, 0.29) is 37.9 Å². The van der Waals surface area contributed by atoms with Crippen LogP contribution in [0.25, 0.3) is 49.9 Å². The van der Waals surface area contributed by atoms with E-state index in [9.17, 15) is 2.74 Å². The Labute approximate surface area is 395 Å². The molecule has 4 heterocycles. The molecule has 9 aromatic rings. The van der Waals surface area contributed by atoms with Crippen molar-refractivity contribution < 1.29 is 43.6 Å². The Morgan fingerprint density at radius 2 is 1.31 bits per heavy atom. The Morgan fingerprint density at radius 1 is 0.645 bits per heavy atom. The van der Waals surface area contributed by atoms with Gasteiger partial charge in [0.2, 0.25) is 5.69 Å². The SMILES string of the molecule is [2H]c1c([2H])c([2H])c(-c2c([2H])c([2H])c([2H])c(-c3c([2H])c([2H])c([2H])c([2H])c3[2H])c2[N+]2=C=[N+](c3[c-]c(Oc4[c-]c5c(cc4)c4ccncc4n5-c4cc(C(C)(C)C)ccn4)cc(C(C)(C)C)c3)c3ccccc32)c([2H])c1[2H].[Pt+2]. The molecule has 0 unspecified atom stereocenters. The van der Waals surface area contributed by atoms with Gasteiger partial charge in [0.25, 0.3) is 11.4 Å². The van der Waals surface area contributed by atoms with Crippen molar-refractivity contribution in [3.63, 3.8) is 0 Å². The van der Waals surface area contributed by atoms with Gasteiger partial charge in [-0.2, -0.15) is 6.07 Å². The third kappa shape index (κ3) is 7.40. The van der Waals surface area contributed by atoms with E-state index in [0.29, 0.717) is 34.1 Å². The third-order valence-corrected chi connectivity index (χ3v) is 10.6. The van der Waals surface area contributed by atoms with Crippen LogP contribution in [0.2, 0.25) is 0 Å². The molecule has 0 saturated carbocycles. The predicted molar refractivity (Wildman–Crippen MR) is 250 cm³/mol. The summed E-state index contributed by atoms with van der Waals surface area (Å²) in [6.07, 6.45) is 5.33. The topological polar surface area (TPSA) is 46.0 Å². The van der Waals surface area contributed by atoms with E-state index < -0.39 is 106 Å². The molecule has 0 amide bonds. The molecule has 10 rings (SSSR count). The van der Waals surface area contributed by atoms with Crippen LogP contribution in [0.4, 0.5) is 22.7 Å². The van der Waals surface area contributed by atoms with Crippen LogP contribution < -0.4 is 13.9 Å². The minimum Gasteiger partial charge on any atom is -0.509 e. The van der Waals surface area contributed by atoms with Crippen LogP contribution in [0.1, 0.15) is 70.5 Å². The molecule has 0 saturated heterocycles. The number of ether oxygens (including phenoxy) is 1. The molecule has 0 fully saturated rings. The number of hydrogen-bond donors (Lipinski definition) is 0. The maximum atomic E-state index is 9.42.